The molecule has 7 nitrogen and oxygen atoms in total. The lowest BCUT2D eigenvalue weighted by atomic mass is 9.96. The Morgan fingerprint density at radius 2 is 2.07 bits per heavy atom. The molecule has 0 spiro atoms. The quantitative estimate of drug-likeness (QED) is 0.633. The van der Waals surface area contributed by atoms with Gasteiger partial charge in [0.2, 0.25) is 5.91 Å². The smallest absolute Gasteiger partial charge is 0.223 e. The van der Waals surface area contributed by atoms with E-state index in [0.29, 0.717) is 12.1 Å². The molecule has 3 aromatic rings. The summed E-state index contributed by atoms with van der Waals surface area (Å²) in [7, 11) is 0. The van der Waals surface area contributed by atoms with Crippen molar-refractivity contribution in [3.63, 3.8) is 0 Å². The standard InChI is InChI=1S/C22H24N6O/c23-14-16-7-8-21(25-15-16)28-12-9-17(10-13-28)22(29)24-11-3-6-20-26-18-4-1-2-5-19(18)27-20/h1-2,4-5,7-8,15,17H,3,6,9-13H2,(H,24,29)(H,26,27). The van der Waals surface area contributed by atoms with Gasteiger partial charge in [-0.15, -0.1) is 0 Å². The Kier molecular flexibility index (Phi) is 5.71. The van der Waals surface area contributed by atoms with Crippen molar-refractivity contribution in [3.05, 3.63) is 54.0 Å². The van der Waals surface area contributed by atoms with Gasteiger partial charge >= 0.3 is 0 Å². The lowest BCUT2D eigenvalue weighted by Gasteiger charge is -2.32. The van der Waals surface area contributed by atoms with Gasteiger partial charge in [-0.25, -0.2) is 9.97 Å². The van der Waals surface area contributed by atoms with Crippen LogP contribution in [0.15, 0.2) is 42.6 Å². The van der Waals surface area contributed by atoms with Crippen molar-refractivity contribution in [2.45, 2.75) is 25.7 Å². The summed E-state index contributed by atoms with van der Waals surface area (Å²) in [5.74, 6) is 2.02. The largest absolute Gasteiger partial charge is 0.357 e. The molecule has 3 heterocycles. The van der Waals surface area contributed by atoms with Crippen LogP contribution in [0.25, 0.3) is 11.0 Å². The molecule has 2 N–H and O–H groups in total. The predicted molar refractivity (Wildman–Crippen MR) is 111 cm³/mol. The summed E-state index contributed by atoms with van der Waals surface area (Å²) in [6.07, 6.45) is 4.90. The average molecular weight is 388 g/mol. The SMILES string of the molecule is N#Cc1ccc(N2CCC(C(=O)NCCCc3nc4ccccc4[nH]3)CC2)nc1. The number of aromatic nitrogens is 3. The van der Waals surface area contributed by atoms with E-state index in [9.17, 15) is 4.79 Å². The first-order valence-electron chi connectivity index (χ1n) is 10.1. The van der Waals surface area contributed by atoms with E-state index < -0.39 is 0 Å². The van der Waals surface area contributed by atoms with Crippen molar-refractivity contribution in [2.75, 3.05) is 24.5 Å². The van der Waals surface area contributed by atoms with Crippen LogP contribution in [0.5, 0.6) is 0 Å². The molecule has 2 aromatic heterocycles. The van der Waals surface area contributed by atoms with Gasteiger partial charge in [-0.2, -0.15) is 5.26 Å². The summed E-state index contributed by atoms with van der Waals surface area (Å²) in [6, 6.07) is 13.7. The second-order valence-corrected chi connectivity index (χ2v) is 7.37. The van der Waals surface area contributed by atoms with Crippen molar-refractivity contribution in [3.8, 4) is 6.07 Å². The Labute approximate surface area is 169 Å². The molecule has 0 aliphatic carbocycles. The molecule has 1 saturated heterocycles. The molecule has 1 amide bonds. The molecule has 0 atom stereocenters. The fourth-order valence-electron chi connectivity index (χ4n) is 3.75. The number of fused-ring (bicyclic) bond motifs is 1. The first-order chi connectivity index (χ1) is 14.2. The lowest BCUT2D eigenvalue weighted by molar-refractivity contribution is -0.125. The minimum atomic E-state index is 0.0517. The van der Waals surface area contributed by atoms with E-state index in [1.807, 2.05) is 30.3 Å². The fourth-order valence-corrected chi connectivity index (χ4v) is 3.75. The number of pyridine rings is 1. The number of nitriles is 1. The highest BCUT2D eigenvalue weighted by atomic mass is 16.1. The number of amides is 1. The van der Waals surface area contributed by atoms with Crippen molar-refractivity contribution in [1.29, 1.82) is 5.26 Å². The summed E-state index contributed by atoms with van der Waals surface area (Å²) < 4.78 is 0. The molecule has 1 aliphatic rings. The maximum Gasteiger partial charge on any atom is 0.223 e. The highest BCUT2D eigenvalue weighted by Gasteiger charge is 2.25. The third-order valence-corrected chi connectivity index (χ3v) is 5.39. The van der Waals surface area contributed by atoms with E-state index in [1.54, 1.807) is 12.3 Å². The number of anilines is 1. The maximum absolute atomic E-state index is 12.5. The molecular formula is C22H24N6O. The molecule has 0 bridgehead atoms. The van der Waals surface area contributed by atoms with Gasteiger partial charge in [0.1, 0.15) is 17.7 Å². The van der Waals surface area contributed by atoms with E-state index >= 15 is 0 Å². The number of imidazole rings is 1. The third-order valence-electron chi connectivity index (χ3n) is 5.39. The number of nitrogens with one attached hydrogen (secondary N) is 2. The van der Waals surface area contributed by atoms with Crippen molar-refractivity contribution < 1.29 is 4.79 Å². The summed E-state index contributed by atoms with van der Waals surface area (Å²) >= 11 is 0. The van der Waals surface area contributed by atoms with Crippen LogP contribution in [0.4, 0.5) is 5.82 Å². The van der Waals surface area contributed by atoms with Crippen LogP contribution in [0.3, 0.4) is 0 Å². The first-order valence-corrected chi connectivity index (χ1v) is 10.1. The monoisotopic (exact) mass is 388 g/mol. The number of rotatable bonds is 6. The number of carbonyl (C=O) groups is 1. The molecule has 0 unspecified atom stereocenters. The van der Waals surface area contributed by atoms with Crippen LogP contribution in [0.2, 0.25) is 0 Å². The average Bonchev–Trinajstić information content (AvgIpc) is 3.20. The van der Waals surface area contributed by atoms with Crippen molar-refractivity contribution in [2.24, 2.45) is 5.92 Å². The summed E-state index contributed by atoms with van der Waals surface area (Å²) in [5, 5.41) is 11.9. The van der Waals surface area contributed by atoms with E-state index in [4.69, 9.17) is 5.26 Å². The maximum atomic E-state index is 12.5. The molecule has 0 radical (unpaired) electrons. The number of benzene rings is 1. The number of hydrogen-bond donors (Lipinski definition) is 2. The number of H-pyrrole nitrogens is 1. The minimum Gasteiger partial charge on any atom is -0.357 e. The fraction of sp³-hybridized carbons (Fsp3) is 0.364. The number of aromatic amines is 1. The molecule has 1 fully saturated rings. The van der Waals surface area contributed by atoms with Gasteiger partial charge in [0, 0.05) is 38.2 Å². The summed E-state index contributed by atoms with van der Waals surface area (Å²) in [4.78, 5) is 26.9. The highest BCUT2D eigenvalue weighted by molar-refractivity contribution is 5.79. The Hall–Kier alpha value is -3.40. The molecule has 1 aromatic carbocycles. The molecule has 1 aliphatic heterocycles. The molecule has 148 valence electrons. The van der Waals surface area contributed by atoms with Crippen molar-refractivity contribution in [1.82, 2.24) is 20.3 Å². The molecule has 0 saturated carbocycles. The van der Waals surface area contributed by atoms with Gasteiger partial charge in [-0.1, -0.05) is 12.1 Å². The van der Waals surface area contributed by atoms with Gasteiger partial charge in [0.15, 0.2) is 0 Å². The van der Waals surface area contributed by atoms with Gasteiger partial charge in [0.05, 0.1) is 16.6 Å². The van der Waals surface area contributed by atoms with Gasteiger partial charge < -0.3 is 15.2 Å². The second kappa shape index (κ2) is 8.74. The molecule has 29 heavy (non-hydrogen) atoms. The van der Waals surface area contributed by atoms with E-state index in [0.717, 1.165) is 61.4 Å². The van der Waals surface area contributed by atoms with E-state index in [-0.39, 0.29) is 11.8 Å². The Bertz CT molecular complexity index is 979. The zero-order valence-corrected chi connectivity index (χ0v) is 16.3. The van der Waals surface area contributed by atoms with Gasteiger partial charge in [-0.05, 0) is 43.5 Å². The van der Waals surface area contributed by atoms with Crippen LogP contribution in [0, 0.1) is 17.2 Å². The predicted octanol–water partition coefficient (Wildman–Crippen LogP) is 2.79. The normalized spacial score (nSPS) is 14.7. The minimum absolute atomic E-state index is 0.0517. The first kappa shape index (κ1) is 18.9. The second-order valence-electron chi connectivity index (χ2n) is 7.37. The number of para-hydroxylation sites is 2. The van der Waals surface area contributed by atoms with Gasteiger partial charge in [-0.3, -0.25) is 4.79 Å². The van der Waals surface area contributed by atoms with Crippen LogP contribution in [-0.4, -0.2) is 40.5 Å². The third kappa shape index (κ3) is 4.54. The van der Waals surface area contributed by atoms with E-state index in [1.165, 1.54) is 0 Å². The number of carbonyl (C=O) groups excluding carboxylic acids is 1. The number of nitrogens with zero attached hydrogens (tertiary/aromatic N) is 4. The zero-order chi connectivity index (χ0) is 20.1. The number of aryl methyl sites for hydroxylation is 1. The summed E-state index contributed by atoms with van der Waals surface area (Å²) in [6.45, 7) is 2.26. The van der Waals surface area contributed by atoms with Crippen molar-refractivity contribution >= 4 is 22.8 Å². The van der Waals surface area contributed by atoms with Crippen LogP contribution < -0.4 is 10.2 Å². The summed E-state index contributed by atoms with van der Waals surface area (Å²) in [5.41, 5.74) is 2.59. The van der Waals surface area contributed by atoms with Crippen LogP contribution >= 0.6 is 0 Å². The zero-order valence-electron chi connectivity index (χ0n) is 16.3. The highest BCUT2D eigenvalue weighted by Crippen LogP contribution is 2.22. The number of hydrogen-bond acceptors (Lipinski definition) is 5. The molecule has 4 rings (SSSR count). The van der Waals surface area contributed by atoms with Gasteiger partial charge in [0.25, 0.3) is 0 Å². The Morgan fingerprint density at radius 1 is 1.24 bits per heavy atom. The topological polar surface area (TPSA) is 97.7 Å². The van der Waals surface area contributed by atoms with E-state index in [2.05, 4.69) is 31.2 Å². The lowest BCUT2D eigenvalue weighted by Crippen LogP contribution is -2.41. The Balaban J connectivity index is 1.19. The van der Waals surface area contributed by atoms with Crippen LogP contribution in [0.1, 0.15) is 30.7 Å². The number of piperidine rings is 1. The molecular weight excluding hydrogens is 364 g/mol. The van der Waals surface area contributed by atoms with Crippen LogP contribution in [-0.2, 0) is 11.2 Å². The molecule has 7 heteroatoms. The Morgan fingerprint density at radius 3 is 2.79 bits per heavy atom.